The zero-order chi connectivity index (χ0) is 23.4. The molecule has 1 aliphatic rings. The second-order valence-corrected chi connectivity index (χ2v) is 8.81. The van der Waals surface area contributed by atoms with Crippen LogP contribution in [0.4, 0.5) is 4.39 Å². The molecule has 1 aliphatic heterocycles. The Labute approximate surface area is 195 Å². The van der Waals surface area contributed by atoms with Crippen molar-refractivity contribution in [3.8, 4) is 5.75 Å². The molecule has 1 atom stereocenters. The van der Waals surface area contributed by atoms with Gasteiger partial charge in [0.2, 0.25) is 0 Å². The quantitative estimate of drug-likeness (QED) is 0.313. The third kappa shape index (κ3) is 3.33. The Morgan fingerprint density at radius 1 is 1.06 bits per heavy atom. The van der Waals surface area contributed by atoms with E-state index in [1.807, 2.05) is 13.2 Å². The molecule has 0 saturated carbocycles. The Hall–Kier alpha value is -4.10. The van der Waals surface area contributed by atoms with Crippen molar-refractivity contribution < 1.29 is 14.3 Å². The maximum Gasteiger partial charge on any atom is 0.252 e. The van der Waals surface area contributed by atoms with Gasteiger partial charge in [0.15, 0.2) is 0 Å². The molecule has 6 nitrogen and oxygen atoms in total. The number of H-pyrrole nitrogens is 1. The van der Waals surface area contributed by atoms with Gasteiger partial charge >= 0.3 is 0 Å². The van der Waals surface area contributed by atoms with Crippen LogP contribution >= 0.6 is 0 Å². The van der Waals surface area contributed by atoms with Gasteiger partial charge in [-0.1, -0.05) is 12.1 Å². The van der Waals surface area contributed by atoms with Crippen LogP contribution in [0.3, 0.4) is 0 Å². The van der Waals surface area contributed by atoms with Gasteiger partial charge in [-0.15, -0.1) is 0 Å². The van der Waals surface area contributed by atoms with Gasteiger partial charge in [0, 0.05) is 59.6 Å². The van der Waals surface area contributed by atoms with Crippen molar-refractivity contribution in [2.24, 2.45) is 7.05 Å². The van der Waals surface area contributed by atoms with Crippen molar-refractivity contribution >= 4 is 27.7 Å². The summed E-state index contributed by atoms with van der Waals surface area (Å²) in [6.45, 7) is 1.15. The molecule has 2 aromatic heterocycles. The molecular weight excluding hydrogens is 431 g/mol. The molecule has 0 aliphatic carbocycles. The van der Waals surface area contributed by atoms with E-state index >= 15 is 0 Å². The Morgan fingerprint density at radius 2 is 1.94 bits per heavy atom. The van der Waals surface area contributed by atoms with E-state index in [0.717, 1.165) is 22.2 Å². The highest BCUT2D eigenvalue weighted by Crippen LogP contribution is 2.38. The number of halogens is 1. The lowest BCUT2D eigenvalue weighted by molar-refractivity contribution is 0.0960. The predicted octanol–water partition coefficient (Wildman–Crippen LogP) is 4.63. The monoisotopic (exact) mass is 454 g/mol. The number of fused-ring (bicyclic) bond motifs is 3. The van der Waals surface area contributed by atoms with Crippen LogP contribution in [0.15, 0.2) is 66.9 Å². The standard InChI is InChI=1S/C27H23FN4O2/c1-32-9-8-16-3-2-15(10-24(16)32)13-29-14-23-25(20-6-4-17(28)11-22(20)30-23)26-21-12-18(33)5-7-19(21)27(34)31-26/h2-12,26,29-30,33H,13-14H2,1H3,(H,31,34). The molecule has 3 aromatic carbocycles. The average Bonchev–Trinajstić information content (AvgIpc) is 3.46. The Kier molecular flexibility index (Phi) is 4.67. The van der Waals surface area contributed by atoms with Crippen LogP contribution in [-0.2, 0) is 20.1 Å². The number of amides is 1. The molecule has 0 saturated heterocycles. The van der Waals surface area contributed by atoms with E-state index in [2.05, 4.69) is 44.5 Å². The number of aryl methyl sites for hydroxylation is 1. The van der Waals surface area contributed by atoms with Crippen LogP contribution in [0.25, 0.3) is 21.8 Å². The summed E-state index contributed by atoms with van der Waals surface area (Å²) in [5.74, 6) is -0.419. The van der Waals surface area contributed by atoms with Gasteiger partial charge in [-0.2, -0.15) is 0 Å². The number of rotatable bonds is 5. The van der Waals surface area contributed by atoms with Crippen molar-refractivity contribution in [1.29, 1.82) is 0 Å². The second kappa shape index (κ2) is 7.74. The minimum Gasteiger partial charge on any atom is -0.508 e. The van der Waals surface area contributed by atoms with Crippen molar-refractivity contribution in [2.75, 3.05) is 0 Å². The number of benzene rings is 3. The number of aromatic hydroxyl groups is 1. The van der Waals surface area contributed by atoms with Gasteiger partial charge < -0.3 is 25.3 Å². The lowest BCUT2D eigenvalue weighted by Gasteiger charge is -2.15. The molecule has 0 fully saturated rings. The van der Waals surface area contributed by atoms with Crippen molar-refractivity contribution in [3.05, 3.63) is 101 Å². The number of aromatic amines is 1. The van der Waals surface area contributed by atoms with E-state index in [0.29, 0.717) is 29.7 Å². The van der Waals surface area contributed by atoms with Crippen LogP contribution in [0, 0.1) is 5.82 Å². The maximum atomic E-state index is 14.0. The fourth-order valence-corrected chi connectivity index (χ4v) is 4.98. The number of nitrogens with zero attached hydrogens (tertiary/aromatic N) is 1. The number of nitrogens with one attached hydrogen (secondary N) is 3. The molecule has 0 radical (unpaired) electrons. The van der Waals surface area contributed by atoms with E-state index in [4.69, 9.17) is 0 Å². The normalized spacial score (nSPS) is 15.2. The molecule has 7 heteroatoms. The van der Waals surface area contributed by atoms with Crippen LogP contribution in [0.1, 0.15) is 38.8 Å². The van der Waals surface area contributed by atoms with E-state index in [-0.39, 0.29) is 17.5 Å². The third-order valence-electron chi connectivity index (χ3n) is 6.62. The van der Waals surface area contributed by atoms with E-state index in [1.165, 1.54) is 29.1 Å². The summed E-state index contributed by atoms with van der Waals surface area (Å²) in [7, 11) is 2.03. The summed E-state index contributed by atoms with van der Waals surface area (Å²) in [4.78, 5) is 16.0. The largest absolute Gasteiger partial charge is 0.508 e. The van der Waals surface area contributed by atoms with Crippen molar-refractivity contribution in [1.82, 2.24) is 20.2 Å². The molecule has 1 amide bonds. The minimum absolute atomic E-state index is 0.0990. The molecule has 6 rings (SSSR count). The van der Waals surface area contributed by atoms with Gasteiger partial charge in [-0.05, 0) is 65.0 Å². The zero-order valence-electron chi connectivity index (χ0n) is 18.5. The number of aromatic nitrogens is 2. The van der Waals surface area contributed by atoms with Crippen LogP contribution < -0.4 is 10.6 Å². The molecule has 1 unspecified atom stereocenters. The van der Waals surface area contributed by atoms with E-state index in [9.17, 15) is 14.3 Å². The van der Waals surface area contributed by atoms with Gasteiger partial charge in [0.05, 0.1) is 6.04 Å². The van der Waals surface area contributed by atoms with Crippen molar-refractivity contribution in [2.45, 2.75) is 19.1 Å². The summed E-state index contributed by atoms with van der Waals surface area (Å²) >= 11 is 0. The van der Waals surface area contributed by atoms with E-state index in [1.54, 1.807) is 18.2 Å². The zero-order valence-corrected chi connectivity index (χ0v) is 18.5. The molecule has 0 spiro atoms. The first-order valence-electron chi connectivity index (χ1n) is 11.2. The van der Waals surface area contributed by atoms with Crippen LogP contribution in [0.2, 0.25) is 0 Å². The highest BCUT2D eigenvalue weighted by molar-refractivity contribution is 6.01. The smallest absolute Gasteiger partial charge is 0.252 e. The highest BCUT2D eigenvalue weighted by Gasteiger charge is 2.33. The molecule has 5 aromatic rings. The number of carbonyl (C=O) groups excluding carboxylic acids is 1. The molecule has 170 valence electrons. The number of hydrogen-bond donors (Lipinski definition) is 4. The van der Waals surface area contributed by atoms with Gasteiger partial charge in [-0.25, -0.2) is 4.39 Å². The molecule has 34 heavy (non-hydrogen) atoms. The first kappa shape index (κ1) is 20.5. The topological polar surface area (TPSA) is 82.1 Å². The lowest BCUT2D eigenvalue weighted by Crippen LogP contribution is -2.22. The Bertz CT molecular complexity index is 1580. The number of phenolic OH excluding ortho intramolecular Hbond substituents is 1. The van der Waals surface area contributed by atoms with Gasteiger partial charge in [0.25, 0.3) is 5.91 Å². The molecular formula is C27H23FN4O2. The van der Waals surface area contributed by atoms with Crippen LogP contribution in [-0.4, -0.2) is 20.6 Å². The fourth-order valence-electron chi connectivity index (χ4n) is 4.98. The fraction of sp³-hybridized carbons (Fsp3) is 0.148. The number of carbonyl (C=O) groups is 1. The summed E-state index contributed by atoms with van der Waals surface area (Å²) < 4.78 is 16.1. The van der Waals surface area contributed by atoms with Crippen LogP contribution in [0.5, 0.6) is 5.75 Å². The Morgan fingerprint density at radius 3 is 2.82 bits per heavy atom. The average molecular weight is 455 g/mol. The molecule has 0 bridgehead atoms. The van der Waals surface area contributed by atoms with Crippen molar-refractivity contribution in [3.63, 3.8) is 0 Å². The maximum absolute atomic E-state index is 14.0. The van der Waals surface area contributed by atoms with E-state index < -0.39 is 6.04 Å². The summed E-state index contributed by atoms with van der Waals surface area (Å²) in [6.07, 6.45) is 2.04. The Balaban J connectivity index is 1.35. The van der Waals surface area contributed by atoms with Gasteiger partial charge in [-0.3, -0.25) is 4.79 Å². The molecule has 3 heterocycles. The predicted molar refractivity (Wildman–Crippen MR) is 129 cm³/mol. The first-order valence-corrected chi connectivity index (χ1v) is 11.2. The number of hydrogen-bond acceptors (Lipinski definition) is 3. The van der Waals surface area contributed by atoms with Gasteiger partial charge in [0.1, 0.15) is 11.6 Å². The highest BCUT2D eigenvalue weighted by atomic mass is 19.1. The number of phenols is 1. The summed E-state index contributed by atoms with van der Waals surface area (Å²) in [5, 5.41) is 18.6. The first-order chi connectivity index (χ1) is 16.5. The second-order valence-electron chi connectivity index (χ2n) is 8.81. The minimum atomic E-state index is -0.440. The SMILES string of the molecule is Cn1ccc2ccc(CNCc3[nH]c4cc(F)ccc4c3C3NC(=O)c4ccc(O)cc43)cc21. The summed E-state index contributed by atoms with van der Waals surface area (Å²) in [5.41, 5.74) is 5.98. The lowest BCUT2D eigenvalue weighted by atomic mass is 9.95. The molecule has 4 N–H and O–H groups in total. The summed E-state index contributed by atoms with van der Waals surface area (Å²) in [6, 6.07) is 17.4. The third-order valence-corrected chi connectivity index (χ3v) is 6.62.